The van der Waals surface area contributed by atoms with Gasteiger partial charge in [-0.15, -0.1) is 0 Å². The topological polar surface area (TPSA) is 89.9 Å². The highest BCUT2D eigenvalue weighted by atomic mass is 32.2. The van der Waals surface area contributed by atoms with Crippen LogP contribution in [-0.2, 0) is 14.8 Å². The monoisotopic (exact) mass is 483 g/mol. The Kier molecular flexibility index (Phi) is 7.06. The van der Waals surface area contributed by atoms with Crippen LogP contribution in [0.15, 0.2) is 59.5 Å². The Balaban J connectivity index is 1.59. The zero-order valence-electron chi connectivity index (χ0n) is 19.6. The molecule has 2 aromatic carbocycles. The number of ether oxygens (including phenoxy) is 2. The van der Waals surface area contributed by atoms with E-state index < -0.39 is 10.0 Å². The predicted octanol–water partition coefficient (Wildman–Crippen LogP) is 3.77. The van der Waals surface area contributed by atoms with Crippen LogP contribution >= 0.6 is 0 Å². The average molecular weight is 484 g/mol. The van der Waals surface area contributed by atoms with Gasteiger partial charge < -0.3 is 19.4 Å². The van der Waals surface area contributed by atoms with Crippen molar-refractivity contribution in [2.24, 2.45) is 0 Å². The number of hydrogen-bond acceptors (Lipinski definition) is 5. The first-order valence-corrected chi connectivity index (χ1v) is 12.7. The van der Waals surface area contributed by atoms with E-state index in [1.807, 2.05) is 45.0 Å². The standard InChI is InChI=1S/C25H29N3O5S/c1-4-33-24-12-11-22(34(30,31)27-13-15-32-16-14-27)17-23(24)26-25(29)20-7-9-21(10-8-20)28-18(2)5-6-19(28)3/h5-12,17H,4,13-16H2,1-3H3,(H,26,29). The normalized spacial score (nSPS) is 14.7. The molecule has 8 nitrogen and oxygen atoms in total. The summed E-state index contributed by atoms with van der Waals surface area (Å²) in [6, 6.07) is 15.9. The Hall–Kier alpha value is -3.14. The molecule has 1 aliphatic rings. The summed E-state index contributed by atoms with van der Waals surface area (Å²) in [5.74, 6) is 0.0568. The number of benzene rings is 2. The van der Waals surface area contributed by atoms with Gasteiger partial charge in [-0.3, -0.25) is 4.79 Å². The van der Waals surface area contributed by atoms with Crippen molar-refractivity contribution in [3.63, 3.8) is 0 Å². The number of morpholine rings is 1. The number of aryl methyl sites for hydroxylation is 2. The molecule has 34 heavy (non-hydrogen) atoms. The van der Waals surface area contributed by atoms with E-state index in [1.165, 1.54) is 16.4 Å². The molecular formula is C25H29N3O5S. The van der Waals surface area contributed by atoms with Gasteiger partial charge in [0.05, 0.1) is 30.4 Å². The van der Waals surface area contributed by atoms with Crippen LogP contribution in [0.5, 0.6) is 5.75 Å². The smallest absolute Gasteiger partial charge is 0.255 e. The SMILES string of the molecule is CCOc1ccc(S(=O)(=O)N2CCOCC2)cc1NC(=O)c1ccc(-n2c(C)ccc2C)cc1. The second kappa shape index (κ2) is 10.0. The molecule has 3 aromatic rings. The fourth-order valence-electron chi connectivity index (χ4n) is 4.02. The summed E-state index contributed by atoms with van der Waals surface area (Å²) in [5, 5.41) is 2.83. The van der Waals surface area contributed by atoms with Crippen molar-refractivity contribution in [1.29, 1.82) is 0 Å². The number of hydrogen-bond donors (Lipinski definition) is 1. The summed E-state index contributed by atoms with van der Waals surface area (Å²) in [6.45, 7) is 7.57. The summed E-state index contributed by atoms with van der Waals surface area (Å²) in [7, 11) is -3.71. The molecule has 0 aliphatic carbocycles. The van der Waals surface area contributed by atoms with Crippen molar-refractivity contribution < 1.29 is 22.7 Å². The van der Waals surface area contributed by atoms with Crippen LogP contribution in [0.4, 0.5) is 5.69 Å². The van der Waals surface area contributed by atoms with Crippen molar-refractivity contribution in [3.8, 4) is 11.4 Å². The lowest BCUT2D eigenvalue weighted by Crippen LogP contribution is -2.40. The van der Waals surface area contributed by atoms with Gasteiger partial charge >= 0.3 is 0 Å². The molecule has 1 N–H and O–H groups in total. The van der Waals surface area contributed by atoms with E-state index in [0.29, 0.717) is 49.9 Å². The molecule has 9 heteroatoms. The van der Waals surface area contributed by atoms with Gasteiger partial charge in [0.2, 0.25) is 10.0 Å². The number of sulfonamides is 1. The number of carbonyl (C=O) groups excluding carboxylic acids is 1. The Labute approximate surface area is 200 Å². The summed E-state index contributed by atoms with van der Waals surface area (Å²) in [4.78, 5) is 13.1. The van der Waals surface area contributed by atoms with Gasteiger partial charge in [-0.05, 0) is 75.4 Å². The number of carbonyl (C=O) groups is 1. The lowest BCUT2D eigenvalue weighted by Gasteiger charge is -2.26. The van der Waals surface area contributed by atoms with Crippen molar-refractivity contribution in [2.45, 2.75) is 25.7 Å². The molecule has 0 unspecified atom stereocenters. The third kappa shape index (κ3) is 4.86. The van der Waals surface area contributed by atoms with Crippen LogP contribution in [0.2, 0.25) is 0 Å². The third-order valence-corrected chi connectivity index (χ3v) is 7.66. The number of rotatable bonds is 7. The van der Waals surface area contributed by atoms with Crippen LogP contribution in [0, 0.1) is 13.8 Å². The Morgan fingerprint density at radius 1 is 1.00 bits per heavy atom. The maximum Gasteiger partial charge on any atom is 0.255 e. The number of aromatic nitrogens is 1. The zero-order chi connectivity index (χ0) is 24.3. The van der Waals surface area contributed by atoms with Crippen LogP contribution in [0.25, 0.3) is 5.69 Å². The molecule has 1 aromatic heterocycles. The molecule has 1 amide bonds. The number of anilines is 1. The largest absolute Gasteiger partial charge is 0.492 e. The van der Waals surface area contributed by atoms with Crippen LogP contribution in [0.1, 0.15) is 28.7 Å². The van der Waals surface area contributed by atoms with E-state index in [4.69, 9.17) is 9.47 Å². The van der Waals surface area contributed by atoms with E-state index in [9.17, 15) is 13.2 Å². The minimum atomic E-state index is -3.71. The fourth-order valence-corrected chi connectivity index (χ4v) is 5.45. The van der Waals surface area contributed by atoms with Gasteiger partial charge in [0.25, 0.3) is 5.91 Å². The summed E-state index contributed by atoms with van der Waals surface area (Å²) in [5.41, 5.74) is 3.94. The van der Waals surface area contributed by atoms with Crippen molar-refractivity contribution in [2.75, 3.05) is 38.2 Å². The first-order chi connectivity index (χ1) is 16.3. The van der Waals surface area contributed by atoms with Crippen molar-refractivity contribution in [1.82, 2.24) is 8.87 Å². The van der Waals surface area contributed by atoms with E-state index in [0.717, 1.165) is 17.1 Å². The molecule has 0 saturated carbocycles. The molecule has 1 fully saturated rings. The van der Waals surface area contributed by atoms with Gasteiger partial charge in [0.1, 0.15) is 5.75 Å². The number of amides is 1. The Morgan fingerprint density at radius 3 is 2.26 bits per heavy atom. The molecule has 0 spiro atoms. The van der Waals surface area contributed by atoms with E-state index in [-0.39, 0.29) is 10.8 Å². The molecule has 0 radical (unpaired) electrons. The van der Waals surface area contributed by atoms with Crippen molar-refractivity contribution in [3.05, 3.63) is 71.5 Å². The van der Waals surface area contributed by atoms with Crippen LogP contribution in [-0.4, -0.2) is 56.1 Å². The summed E-state index contributed by atoms with van der Waals surface area (Å²) >= 11 is 0. The Morgan fingerprint density at radius 2 is 1.65 bits per heavy atom. The lowest BCUT2D eigenvalue weighted by molar-refractivity contribution is 0.0730. The van der Waals surface area contributed by atoms with Gasteiger partial charge in [-0.25, -0.2) is 8.42 Å². The zero-order valence-corrected chi connectivity index (χ0v) is 20.4. The van der Waals surface area contributed by atoms with Gasteiger partial charge in [-0.2, -0.15) is 4.31 Å². The minimum absolute atomic E-state index is 0.0991. The number of nitrogens with one attached hydrogen (secondary N) is 1. The summed E-state index contributed by atoms with van der Waals surface area (Å²) < 4.78 is 40.6. The second-order valence-electron chi connectivity index (χ2n) is 8.06. The first-order valence-electron chi connectivity index (χ1n) is 11.2. The maximum atomic E-state index is 13.1. The quantitative estimate of drug-likeness (QED) is 0.553. The number of nitrogens with zero attached hydrogens (tertiary/aromatic N) is 2. The Bertz CT molecular complexity index is 1260. The van der Waals surface area contributed by atoms with Crippen LogP contribution in [0.3, 0.4) is 0 Å². The van der Waals surface area contributed by atoms with E-state index in [1.54, 1.807) is 18.2 Å². The second-order valence-corrected chi connectivity index (χ2v) is 10.00. The average Bonchev–Trinajstić information content (AvgIpc) is 3.18. The molecule has 2 heterocycles. The molecular weight excluding hydrogens is 454 g/mol. The van der Waals surface area contributed by atoms with Gasteiger partial charge in [-0.1, -0.05) is 0 Å². The van der Waals surface area contributed by atoms with Crippen LogP contribution < -0.4 is 10.1 Å². The first kappa shape index (κ1) is 24.0. The van der Waals surface area contributed by atoms with E-state index >= 15 is 0 Å². The van der Waals surface area contributed by atoms with E-state index in [2.05, 4.69) is 9.88 Å². The third-order valence-electron chi connectivity index (χ3n) is 5.77. The highest BCUT2D eigenvalue weighted by molar-refractivity contribution is 7.89. The molecule has 1 saturated heterocycles. The fraction of sp³-hybridized carbons (Fsp3) is 0.320. The predicted molar refractivity (Wildman–Crippen MR) is 130 cm³/mol. The highest BCUT2D eigenvalue weighted by Gasteiger charge is 2.27. The van der Waals surface area contributed by atoms with Crippen molar-refractivity contribution >= 4 is 21.6 Å². The minimum Gasteiger partial charge on any atom is -0.492 e. The molecule has 1 aliphatic heterocycles. The summed E-state index contributed by atoms with van der Waals surface area (Å²) in [6.07, 6.45) is 0. The molecule has 0 bridgehead atoms. The molecule has 180 valence electrons. The van der Waals surface area contributed by atoms with Gasteiger partial charge in [0.15, 0.2) is 0 Å². The molecule has 0 atom stereocenters. The molecule has 4 rings (SSSR count). The lowest BCUT2D eigenvalue weighted by atomic mass is 10.1. The maximum absolute atomic E-state index is 13.1. The highest BCUT2D eigenvalue weighted by Crippen LogP contribution is 2.30. The van der Waals surface area contributed by atoms with Gasteiger partial charge in [0, 0.05) is 35.7 Å².